The number of amides is 1. The molecule has 0 aromatic heterocycles. The topological polar surface area (TPSA) is 81.6 Å². The third-order valence-corrected chi connectivity index (χ3v) is 6.96. The summed E-state index contributed by atoms with van der Waals surface area (Å²) in [5, 5.41) is 6.67. The van der Waals surface area contributed by atoms with E-state index in [1.165, 1.54) is 5.56 Å². The Balaban J connectivity index is 1.54. The minimum Gasteiger partial charge on any atom is -0.349 e. The number of carbonyl (C=O) groups is 1. The zero-order chi connectivity index (χ0) is 18.9. The van der Waals surface area contributed by atoms with Crippen molar-refractivity contribution < 1.29 is 13.9 Å². The van der Waals surface area contributed by atoms with Gasteiger partial charge in [0, 0.05) is 41.6 Å². The van der Waals surface area contributed by atoms with E-state index < -0.39 is 10.6 Å². The zero-order valence-electron chi connectivity index (χ0n) is 16.0. The van der Waals surface area contributed by atoms with Gasteiger partial charge in [-0.15, -0.1) is 0 Å². The molecule has 1 aromatic carbocycles. The molecule has 2 unspecified atom stereocenters. The van der Waals surface area contributed by atoms with Gasteiger partial charge >= 0.3 is 0 Å². The maximum Gasteiger partial charge on any atom is 0.251 e. The highest BCUT2D eigenvalue weighted by atomic mass is 32.3. The Kier molecular flexibility index (Phi) is 5.68. The Morgan fingerprint density at radius 1 is 1.23 bits per heavy atom. The van der Waals surface area contributed by atoms with Gasteiger partial charge in [-0.2, -0.15) is 10.6 Å². The number of benzene rings is 1. The van der Waals surface area contributed by atoms with E-state index in [1.807, 2.05) is 18.2 Å². The van der Waals surface area contributed by atoms with Gasteiger partial charge in [-0.3, -0.25) is 13.9 Å². The van der Waals surface area contributed by atoms with Crippen LogP contribution in [0.5, 0.6) is 0 Å². The summed E-state index contributed by atoms with van der Waals surface area (Å²) in [5.74, 6) is 1.21. The van der Waals surface area contributed by atoms with Crippen LogP contribution in [0.2, 0.25) is 0 Å². The third kappa shape index (κ3) is 5.46. The lowest BCUT2D eigenvalue weighted by atomic mass is 9.97. The molecule has 26 heavy (non-hydrogen) atoms. The van der Waals surface area contributed by atoms with Gasteiger partial charge in [0.2, 0.25) is 0 Å². The van der Waals surface area contributed by atoms with Gasteiger partial charge in [-0.25, -0.2) is 0 Å². The van der Waals surface area contributed by atoms with Gasteiger partial charge in [0.05, 0.1) is 0 Å². The predicted molar refractivity (Wildman–Crippen MR) is 108 cm³/mol. The summed E-state index contributed by atoms with van der Waals surface area (Å²) in [4.78, 5) is 12.6. The summed E-state index contributed by atoms with van der Waals surface area (Å²) in [6.45, 7) is 7.68. The van der Waals surface area contributed by atoms with Crippen LogP contribution in [0.4, 0.5) is 0 Å². The minimum absolute atomic E-state index is 0.0354. The largest absolute Gasteiger partial charge is 0.349 e. The van der Waals surface area contributed by atoms with Gasteiger partial charge < -0.3 is 10.6 Å². The lowest BCUT2D eigenvalue weighted by Crippen LogP contribution is -2.39. The second kappa shape index (κ2) is 7.50. The highest BCUT2D eigenvalue weighted by Gasteiger charge is 2.38. The van der Waals surface area contributed by atoms with Crippen LogP contribution in [-0.2, 0) is 0 Å². The molecule has 6 heteroatoms. The van der Waals surface area contributed by atoms with Gasteiger partial charge in [0.1, 0.15) is 0 Å². The molecule has 2 fully saturated rings. The molecule has 1 aromatic rings. The van der Waals surface area contributed by atoms with E-state index in [-0.39, 0.29) is 17.4 Å². The summed E-state index contributed by atoms with van der Waals surface area (Å²) in [6.07, 6.45) is 2.39. The molecule has 2 atom stereocenters. The monoisotopic (exact) mass is 380 g/mol. The smallest absolute Gasteiger partial charge is 0.251 e. The molecular weight excluding hydrogens is 348 g/mol. The molecule has 0 bridgehead atoms. The van der Waals surface area contributed by atoms with Gasteiger partial charge in [-0.05, 0) is 42.4 Å². The average molecular weight is 381 g/mol. The maximum absolute atomic E-state index is 12.6. The van der Waals surface area contributed by atoms with Crippen molar-refractivity contribution in [1.82, 2.24) is 10.6 Å². The Hall–Kier alpha value is -1.08. The summed E-state index contributed by atoms with van der Waals surface area (Å²) < 4.78 is 19.4. The van der Waals surface area contributed by atoms with E-state index in [1.54, 1.807) is 0 Å². The third-order valence-electron chi connectivity index (χ3n) is 5.18. The molecule has 1 saturated heterocycles. The van der Waals surface area contributed by atoms with Crippen LogP contribution in [0.25, 0.3) is 0 Å². The SMILES string of the molecule is CC(C)(C)CNC1CC1c1cccc(C(=O)NC2CCS(O)(O)CC2)c1. The van der Waals surface area contributed by atoms with Crippen molar-refractivity contribution in [2.75, 3.05) is 18.1 Å². The first kappa shape index (κ1) is 19.7. The van der Waals surface area contributed by atoms with Crippen LogP contribution in [0.3, 0.4) is 0 Å². The number of rotatable bonds is 5. The van der Waals surface area contributed by atoms with Crippen LogP contribution in [0.1, 0.15) is 61.9 Å². The van der Waals surface area contributed by atoms with Crippen LogP contribution < -0.4 is 10.6 Å². The Morgan fingerprint density at radius 3 is 2.58 bits per heavy atom. The first-order chi connectivity index (χ1) is 12.1. The second-order valence-electron chi connectivity index (χ2n) is 8.97. The van der Waals surface area contributed by atoms with Crippen LogP contribution in [0, 0.1) is 5.41 Å². The number of hydrogen-bond donors (Lipinski definition) is 4. The van der Waals surface area contributed by atoms with Crippen molar-refractivity contribution in [3.63, 3.8) is 0 Å². The first-order valence-corrected chi connectivity index (χ1v) is 11.4. The standard InChI is InChI=1S/C20H32N2O3S/c1-20(2,3)13-21-18-12-17(18)14-5-4-6-15(11-14)19(23)22-16-7-9-26(24,25)10-8-16/h4-6,11,16-18,21,24-25H,7-10,12-13H2,1-3H3,(H,22,23). The van der Waals surface area contributed by atoms with Crippen molar-refractivity contribution in [3.8, 4) is 0 Å². The lowest BCUT2D eigenvalue weighted by Gasteiger charge is -2.39. The Bertz CT molecular complexity index is 647. The van der Waals surface area contributed by atoms with E-state index in [0.29, 0.717) is 41.9 Å². The number of carbonyl (C=O) groups excluding carboxylic acids is 1. The molecule has 1 heterocycles. The minimum atomic E-state index is -2.41. The van der Waals surface area contributed by atoms with Crippen LogP contribution >= 0.6 is 10.6 Å². The summed E-state index contributed by atoms with van der Waals surface area (Å²) in [7, 11) is -2.41. The fourth-order valence-corrected chi connectivity index (χ4v) is 4.99. The maximum atomic E-state index is 12.6. The summed E-state index contributed by atoms with van der Waals surface area (Å²) >= 11 is 0. The van der Waals surface area contributed by atoms with E-state index in [9.17, 15) is 13.9 Å². The molecule has 1 saturated carbocycles. The normalized spacial score (nSPS) is 27.0. The van der Waals surface area contributed by atoms with Crippen molar-refractivity contribution in [1.29, 1.82) is 0 Å². The molecule has 2 aliphatic rings. The van der Waals surface area contributed by atoms with Crippen molar-refractivity contribution in [2.24, 2.45) is 5.41 Å². The van der Waals surface area contributed by atoms with Gasteiger partial charge in [-0.1, -0.05) is 32.9 Å². The Morgan fingerprint density at radius 2 is 1.92 bits per heavy atom. The van der Waals surface area contributed by atoms with Gasteiger partial charge in [0.15, 0.2) is 0 Å². The summed E-state index contributed by atoms with van der Waals surface area (Å²) in [6, 6.07) is 8.48. The lowest BCUT2D eigenvalue weighted by molar-refractivity contribution is 0.0933. The van der Waals surface area contributed by atoms with Gasteiger partial charge in [0.25, 0.3) is 5.91 Å². The van der Waals surface area contributed by atoms with Crippen LogP contribution in [-0.4, -0.2) is 45.1 Å². The molecule has 1 aliphatic carbocycles. The van der Waals surface area contributed by atoms with E-state index in [2.05, 4.69) is 37.5 Å². The first-order valence-electron chi connectivity index (χ1n) is 9.51. The fourth-order valence-electron chi connectivity index (χ4n) is 3.46. The quantitative estimate of drug-likeness (QED) is 0.626. The average Bonchev–Trinajstić information content (AvgIpc) is 3.34. The highest BCUT2D eigenvalue weighted by molar-refractivity contribution is 8.24. The molecule has 0 radical (unpaired) electrons. The molecule has 0 spiro atoms. The van der Waals surface area contributed by atoms with E-state index in [0.717, 1.165) is 13.0 Å². The number of nitrogens with one attached hydrogen (secondary N) is 2. The molecule has 5 nitrogen and oxygen atoms in total. The molecule has 1 aliphatic heterocycles. The summed E-state index contributed by atoms with van der Waals surface area (Å²) in [5.41, 5.74) is 2.19. The van der Waals surface area contributed by atoms with Crippen molar-refractivity contribution in [3.05, 3.63) is 35.4 Å². The molecule has 146 valence electrons. The molecule has 3 rings (SSSR count). The van der Waals surface area contributed by atoms with Crippen molar-refractivity contribution >= 4 is 16.5 Å². The molecule has 4 N–H and O–H groups in total. The fraction of sp³-hybridized carbons (Fsp3) is 0.650. The second-order valence-corrected chi connectivity index (χ2v) is 11.4. The van der Waals surface area contributed by atoms with E-state index >= 15 is 0 Å². The van der Waals surface area contributed by atoms with Crippen LogP contribution in [0.15, 0.2) is 24.3 Å². The molecular formula is C20H32N2O3S. The highest BCUT2D eigenvalue weighted by Crippen LogP contribution is 2.44. The zero-order valence-corrected chi connectivity index (χ0v) is 16.8. The van der Waals surface area contributed by atoms with Crippen molar-refractivity contribution in [2.45, 2.75) is 58.0 Å². The number of hydrogen-bond acceptors (Lipinski definition) is 4. The Labute approximate surface area is 158 Å². The molecule has 1 amide bonds. The predicted octanol–water partition coefficient (Wildman–Crippen LogP) is 3.82. The van der Waals surface area contributed by atoms with E-state index in [4.69, 9.17) is 0 Å².